The number of carbonyl (C=O) groups excluding carboxylic acids is 1. The zero-order valence-corrected chi connectivity index (χ0v) is 15.7. The van der Waals surface area contributed by atoms with Gasteiger partial charge in [0.25, 0.3) is 5.56 Å². The number of nitrogens with zero attached hydrogens (tertiary/aromatic N) is 3. The molecule has 0 radical (unpaired) electrons. The summed E-state index contributed by atoms with van der Waals surface area (Å²) in [6.45, 7) is 4.92. The van der Waals surface area contributed by atoms with E-state index in [4.69, 9.17) is 0 Å². The number of fused-ring (bicyclic) bond motifs is 1. The smallest absolute Gasteiger partial charge is 0.263 e. The molecule has 0 aromatic carbocycles. The van der Waals surface area contributed by atoms with E-state index in [0.717, 1.165) is 29.0 Å². The van der Waals surface area contributed by atoms with Crippen LogP contribution < -0.4 is 5.56 Å². The number of hydrogen-bond acceptors (Lipinski definition) is 5. The summed E-state index contributed by atoms with van der Waals surface area (Å²) in [4.78, 5) is 33.3. The summed E-state index contributed by atoms with van der Waals surface area (Å²) in [6.07, 6.45) is 4.77. The Morgan fingerprint density at radius 3 is 2.78 bits per heavy atom. The van der Waals surface area contributed by atoms with Gasteiger partial charge >= 0.3 is 0 Å². The lowest BCUT2D eigenvalue weighted by atomic mass is 10.3. The molecule has 0 atom stereocenters. The van der Waals surface area contributed by atoms with E-state index in [1.807, 2.05) is 12.3 Å². The number of amides is 1. The second-order valence-corrected chi connectivity index (χ2v) is 7.33. The summed E-state index contributed by atoms with van der Waals surface area (Å²) in [6, 6.07) is 1.90. The molecule has 0 N–H and O–H groups in total. The molecular formula is C16H23N3O2S2. The Labute approximate surface area is 144 Å². The third-order valence-corrected chi connectivity index (χ3v) is 5.61. The highest BCUT2D eigenvalue weighted by atomic mass is 32.2. The molecule has 126 valence electrons. The molecule has 0 saturated heterocycles. The quantitative estimate of drug-likeness (QED) is 0.567. The highest BCUT2D eigenvalue weighted by Crippen LogP contribution is 2.24. The van der Waals surface area contributed by atoms with Crippen LogP contribution in [0.3, 0.4) is 0 Å². The zero-order valence-electron chi connectivity index (χ0n) is 14.1. The molecule has 23 heavy (non-hydrogen) atoms. The molecule has 2 aromatic heterocycles. The Balaban J connectivity index is 2.37. The number of unbranched alkanes of at least 4 members (excludes halogenated alkanes) is 1. The molecule has 0 bridgehead atoms. The molecule has 2 rings (SSSR count). The van der Waals surface area contributed by atoms with E-state index in [2.05, 4.69) is 18.8 Å². The average molecular weight is 354 g/mol. The average Bonchev–Trinajstić information content (AvgIpc) is 2.98. The molecule has 7 heteroatoms. The van der Waals surface area contributed by atoms with E-state index in [1.165, 1.54) is 16.3 Å². The molecule has 2 aromatic rings. The fraction of sp³-hybridized carbons (Fsp3) is 0.562. The van der Waals surface area contributed by atoms with Crippen molar-refractivity contribution in [2.45, 2.75) is 44.8 Å². The van der Waals surface area contributed by atoms with Gasteiger partial charge in [-0.3, -0.25) is 14.2 Å². The molecular weight excluding hydrogens is 330 g/mol. The van der Waals surface area contributed by atoms with Gasteiger partial charge < -0.3 is 4.90 Å². The maximum atomic E-state index is 12.8. The number of rotatable bonds is 7. The van der Waals surface area contributed by atoms with Gasteiger partial charge in [0.05, 0.1) is 5.39 Å². The van der Waals surface area contributed by atoms with Crippen molar-refractivity contribution >= 4 is 39.2 Å². The van der Waals surface area contributed by atoms with Crippen molar-refractivity contribution in [3.63, 3.8) is 0 Å². The van der Waals surface area contributed by atoms with Gasteiger partial charge in [0, 0.05) is 18.5 Å². The minimum atomic E-state index is -0.118. The van der Waals surface area contributed by atoms with Crippen LogP contribution in [0.4, 0.5) is 0 Å². The van der Waals surface area contributed by atoms with Crippen LogP contribution in [0.15, 0.2) is 16.0 Å². The second-order valence-electron chi connectivity index (χ2n) is 5.44. The standard InChI is InChI=1S/C16H23N3O2S2/c1-5-7-8-18(3)13(20)10-19-15(21)12-9-11(6-2)23-14(12)17-16(19)22-4/h9H,5-8,10H2,1-4H3. The van der Waals surface area contributed by atoms with E-state index in [-0.39, 0.29) is 18.0 Å². The van der Waals surface area contributed by atoms with Gasteiger partial charge in [-0.25, -0.2) is 4.98 Å². The van der Waals surface area contributed by atoms with Crippen LogP contribution >= 0.6 is 23.1 Å². The largest absolute Gasteiger partial charge is 0.344 e. The van der Waals surface area contributed by atoms with E-state index >= 15 is 0 Å². The van der Waals surface area contributed by atoms with Gasteiger partial charge in [0.1, 0.15) is 11.4 Å². The third kappa shape index (κ3) is 3.95. The maximum absolute atomic E-state index is 12.8. The fourth-order valence-electron chi connectivity index (χ4n) is 2.29. The lowest BCUT2D eigenvalue weighted by molar-refractivity contribution is -0.130. The zero-order chi connectivity index (χ0) is 17.0. The van der Waals surface area contributed by atoms with Crippen LogP contribution in [0, 0.1) is 0 Å². The molecule has 0 aliphatic rings. The number of aryl methyl sites for hydroxylation is 1. The predicted octanol–water partition coefficient (Wildman–Crippen LogP) is 3.00. The third-order valence-electron chi connectivity index (χ3n) is 3.76. The van der Waals surface area contributed by atoms with Gasteiger partial charge in [-0.2, -0.15) is 0 Å². The fourth-order valence-corrected chi connectivity index (χ4v) is 3.86. The molecule has 0 aliphatic heterocycles. The Morgan fingerprint density at radius 2 is 2.17 bits per heavy atom. The van der Waals surface area contributed by atoms with Crippen molar-refractivity contribution in [3.8, 4) is 0 Å². The highest BCUT2D eigenvalue weighted by Gasteiger charge is 2.17. The molecule has 0 spiro atoms. The molecule has 1 amide bonds. The number of likely N-dealkylation sites (N-methyl/N-ethyl adjacent to an activating group) is 1. The molecule has 0 aliphatic carbocycles. The first-order chi connectivity index (χ1) is 11.0. The van der Waals surface area contributed by atoms with Gasteiger partial charge in [0.15, 0.2) is 5.16 Å². The van der Waals surface area contributed by atoms with Crippen LogP contribution in [0.5, 0.6) is 0 Å². The van der Waals surface area contributed by atoms with E-state index in [9.17, 15) is 9.59 Å². The Morgan fingerprint density at radius 1 is 1.43 bits per heavy atom. The minimum Gasteiger partial charge on any atom is -0.344 e. The predicted molar refractivity (Wildman–Crippen MR) is 97.6 cm³/mol. The topological polar surface area (TPSA) is 55.2 Å². The summed E-state index contributed by atoms with van der Waals surface area (Å²) in [5.41, 5.74) is -0.118. The van der Waals surface area contributed by atoms with Gasteiger partial charge in [-0.1, -0.05) is 32.0 Å². The molecule has 0 saturated carbocycles. The number of thioether (sulfide) groups is 1. The molecule has 5 nitrogen and oxygen atoms in total. The van der Waals surface area contributed by atoms with Crippen molar-refractivity contribution in [1.29, 1.82) is 0 Å². The number of hydrogen-bond donors (Lipinski definition) is 0. The summed E-state index contributed by atoms with van der Waals surface area (Å²) in [5, 5.41) is 1.22. The highest BCUT2D eigenvalue weighted by molar-refractivity contribution is 7.98. The second kappa shape index (κ2) is 7.97. The van der Waals surface area contributed by atoms with E-state index in [1.54, 1.807) is 23.3 Å². The van der Waals surface area contributed by atoms with E-state index < -0.39 is 0 Å². The van der Waals surface area contributed by atoms with Gasteiger partial charge in [-0.15, -0.1) is 11.3 Å². The first-order valence-corrected chi connectivity index (χ1v) is 9.87. The number of carbonyl (C=O) groups is 1. The van der Waals surface area contributed by atoms with Crippen LogP contribution in [-0.2, 0) is 17.8 Å². The molecule has 2 heterocycles. The SMILES string of the molecule is CCCCN(C)C(=O)Cn1c(SC)nc2sc(CC)cc2c1=O. The lowest BCUT2D eigenvalue weighted by Gasteiger charge is -2.18. The van der Waals surface area contributed by atoms with Crippen LogP contribution in [0.25, 0.3) is 10.2 Å². The number of aromatic nitrogens is 2. The van der Waals surface area contributed by atoms with Crippen molar-refractivity contribution in [1.82, 2.24) is 14.5 Å². The lowest BCUT2D eigenvalue weighted by Crippen LogP contribution is -2.35. The first kappa shape index (κ1) is 18.0. The minimum absolute atomic E-state index is 0.0511. The van der Waals surface area contributed by atoms with Gasteiger partial charge in [0.2, 0.25) is 5.91 Å². The van der Waals surface area contributed by atoms with Crippen molar-refractivity contribution < 1.29 is 4.79 Å². The Bertz CT molecular complexity index is 752. The summed E-state index contributed by atoms with van der Waals surface area (Å²) in [7, 11) is 1.79. The van der Waals surface area contributed by atoms with Gasteiger partial charge in [-0.05, 0) is 25.2 Å². The normalized spacial score (nSPS) is 11.1. The Hall–Kier alpha value is -1.34. The van der Waals surface area contributed by atoms with E-state index in [0.29, 0.717) is 17.1 Å². The Kier molecular flexibility index (Phi) is 6.24. The van der Waals surface area contributed by atoms with Crippen LogP contribution in [-0.4, -0.2) is 40.2 Å². The van der Waals surface area contributed by atoms with Crippen LogP contribution in [0.2, 0.25) is 0 Å². The molecule has 0 fully saturated rings. The van der Waals surface area contributed by atoms with Crippen LogP contribution in [0.1, 0.15) is 31.6 Å². The number of thiophene rings is 1. The first-order valence-electron chi connectivity index (χ1n) is 7.83. The monoisotopic (exact) mass is 353 g/mol. The van der Waals surface area contributed by atoms with Crippen molar-refractivity contribution in [2.24, 2.45) is 0 Å². The van der Waals surface area contributed by atoms with Crippen molar-refractivity contribution in [3.05, 3.63) is 21.3 Å². The molecule has 0 unspecified atom stereocenters. The van der Waals surface area contributed by atoms with Crippen molar-refractivity contribution in [2.75, 3.05) is 19.8 Å². The summed E-state index contributed by atoms with van der Waals surface area (Å²) >= 11 is 2.95. The summed E-state index contributed by atoms with van der Waals surface area (Å²) < 4.78 is 1.50. The maximum Gasteiger partial charge on any atom is 0.263 e. The summed E-state index contributed by atoms with van der Waals surface area (Å²) in [5.74, 6) is -0.0528.